The SMILES string of the molecule is CC1=CC(CNC(=O)c2ccccn2)C(C(C)C)CC1Cc1nnc(-c2ccncc2)o1. The molecule has 1 aliphatic carbocycles. The Morgan fingerprint density at radius 1 is 1.16 bits per heavy atom. The summed E-state index contributed by atoms with van der Waals surface area (Å²) < 4.78 is 5.93. The number of nitrogens with one attached hydrogen (secondary N) is 1. The zero-order chi connectivity index (χ0) is 22.5. The van der Waals surface area contributed by atoms with Crippen LogP contribution < -0.4 is 5.32 Å². The van der Waals surface area contributed by atoms with Crippen molar-refractivity contribution in [3.63, 3.8) is 0 Å². The van der Waals surface area contributed by atoms with Gasteiger partial charge in [0.15, 0.2) is 0 Å². The van der Waals surface area contributed by atoms with Crippen LogP contribution >= 0.6 is 0 Å². The lowest BCUT2D eigenvalue weighted by Crippen LogP contribution is -2.37. The van der Waals surface area contributed by atoms with Gasteiger partial charge in [-0.15, -0.1) is 10.2 Å². The van der Waals surface area contributed by atoms with Crippen LogP contribution in [-0.4, -0.2) is 32.6 Å². The molecule has 7 heteroatoms. The smallest absolute Gasteiger partial charge is 0.269 e. The lowest BCUT2D eigenvalue weighted by atomic mass is 9.70. The Hall–Kier alpha value is -3.35. The van der Waals surface area contributed by atoms with E-state index in [1.807, 2.05) is 24.3 Å². The summed E-state index contributed by atoms with van der Waals surface area (Å²) in [4.78, 5) is 20.6. The van der Waals surface area contributed by atoms with Crippen LogP contribution in [-0.2, 0) is 6.42 Å². The molecule has 1 aliphatic rings. The van der Waals surface area contributed by atoms with Gasteiger partial charge < -0.3 is 9.73 Å². The van der Waals surface area contributed by atoms with Gasteiger partial charge >= 0.3 is 0 Å². The highest BCUT2D eigenvalue weighted by Crippen LogP contribution is 2.38. The number of amides is 1. The molecular formula is C25H29N5O2. The lowest BCUT2D eigenvalue weighted by molar-refractivity contribution is 0.0934. The van der Waals surface area contributed by atoms with Crippen LogP contribution in [0.3, 0.4) is 0 Å². The molecular weight excluding hydrogens is 402 g/mol. The van der Waals surface area contributed by atoms with Crippen LogP contribution in [0.15, 0.2) is 65.0 Å². The van der Waals surface area contributed by atoms with Gasteiger partial charge in [-0.1, -0.05) is 31.6 Å². The maximum Gasteiger partial charge on any atom is 0.269 e. The first-order valence-corrected chi connectivity index (χ1v) is 11.1. The van der Waals surface area contributed by atoms with Crippen molar-refractivity contribution in [2.75, 3.05) is 6.54 Å². The fourth-order valence-electron chi connectivity index (χ4n) is 4.46. The zero-order valence-electron chi connectivity index (χ0n) is 18.7. The van der Waals surface area contributed by atoms with Crippen molar-refractivity contribution in [3.8, 4) is 11.5 Å². The Labute approximate surface area is 188 Å². The van der Waals surface area contributed by atoms with Gasteiger partial charge in [-0.3, -0.25) is 14.8 Å². The molecule has 3 unspecified atom stereocenters. The predicted molar refractivity (Wildman–Crippen MR) is 121 cm³/mol. The Morgan fingerprint density at radius 3 is 2.69 bits per heavy atom. The highest BCUT2D eigenvalue weighted by atomic mass is 16.4. The summed E-state index contributed by atoms with van der Waals surface area (Å²) in [6.07, 6.45) is 9.13. The minimum absolute atomic E-state index is 0.129. The summed E-state index contributed by atoms with van der Waals surface area (Å²) in [6.45, 7) is 7.26. The zero-order valence-corrected chi connectivity index (χ0v) is 18.7. The second-order valence-corrected chi connectivity index (χ2v) is 8.78. The van der Waals surface area contributed by atoms with E-state index in [1.165, 1.54) is 5.57 Å². The monoisotopic (exact) mass is 431 g/mol. The molecule has 1 N–H and O–H groups in total. The highest BCUT2D eigenvalue weighted by molar-refractivity contribution is 5.92. The minimum Gasteiger partial charge on any atom is -0.421 e. The number of carbonyl (C=O) groups excluding carboxylic acids is 1. The maximum atomic E-state index is 12.4. The molecule has 0 radical (unpaired) electrons. The Kier molecular flexibility index (Phi) is 6.73. The van der Waals surface area contributed by atoms with Crippen LogP contribution in [0, 0.1) is 23.7 Å². The Bertz CT molecular complexity index is 1060. The van der Waals surface area contributed by atoms with Gasteiger partial charge in [0.2, 0.25) is 11.8 Å². The second-order valence-electron chi connectivity index (χ2n) is 8.78. The number of allylic oxidation sites excluding steroid dienone is 1. The summed E-state index contributed by atoms with van der Waals surface area (Å²) >= 11 is 0. The molecule has 0 saturated carbocycles. The number of hydrogen-bond acceptors (Lipinski definition) is 6. The maximum absolute atomic E-state index is 12.4. The van der Waals surface area contributed by atoms with E-state index in [2.05, 4.69) is 52.3 Å². The summed E-state index contributed by atoms with van der Waals surface area (Å²) in [6, 6.07) is 9.09. The number of aromatic nitrogens is 4. The van der Waals surface area contributed by atoms with Crippen molar-refractivity contribution in [2.45, 2.75) is 33.6 Å². The van der Waals surface area contributed by atoms with Crippen molar-refractivity contribution in [3.05, 3.63) is 72.2 Å². The predicted octanol–water partition coefficient (Wildman–Crippen LogP) is 4.35. The molecule has 0 bridgehead atoms. The molecule has 3 heterocycles. The van der Waals surface area contributed by atoms with E-state index in [0.717, 1.165) is 18.4 Å². The molecule has 0 fully saturated rings. The normalized spacial score (nSPS) is 20.8. The standard InChI is InChI=1S/C25H29N5O2/c1-16(2)21-13-19(14-23-29-30-25(32-23)18-7-10-26-11-8-18)17(3)12-20(21)15-28-24(31)22-6-4-5-9-27-22/h4-12,16,19-21H,13-15H2,1-3H3,(H,28,31). The molecule has 3 aromatic rings. The van der Waals surface area contributed by atoms with Crippen molar-refractivity contribution < 1.29 is 9.21 Å². The fourth-order valence-corrected chi connectivity index (χ4v) is 4.46. The largest absolute Gasteiger partial charge is 0.421 e. The van der Waals surface area contributed by atoms with E-state index in [-0.39, 0.29) is 11.8 Å². The third-order valence-electron chi connectivity index (χ3n) is 6.29. The molecule has 1 amide bonds. The molecule has 166 valence electrons. The van der Waals surface area contributed by atoms with Gasteiger partial charge in [-0.05, 0) is 61.3 Å². The molecule has 3 atom stereocenters. The topological polar surface area (TPSA) is 93.8 Å². The number of rotatable bonds is 7. The summed E-state index contributed by atoms with van der Waals surface area (Å²) in [7, 11) is 0. The van der Waals surface area contributed by atoms with Crippen LogP contribution in [0.5, 0.6) is 0 Å². The summed E-state index contributed by atoms with van der Waals surface area (Å²) in [5, 5.41) is 11.5. The second kappa shape index (κ2) is 9.85. The van der Waals surface area contributed by atoms with E-state index in [9.17, 15) is 4.79 Å². The quantitative estimate of drug-likeness (QED) is 0.559. The first-order valence-electron chi connectivity index (χ1n) is 11.1. The number of pyridine rings is 2. The van der Waals surface area contributed by atoms with E-state index in [4.69, 9.17) is 4.42 Å². The first-order chi connectivity index (χ1) is 15.5. The average Bonchev–Trinajstić information content (AvgIpc) is 3.28. The Balaban J connectivity index is 1.43. The molecule has 3 aromatic heterocycles. The molecule has 32 heavy (non-hydrogen) atoms. The van der Waals surface area contributed by atoms with Crippen molar-refractivity contribution >= 4 is 5.91 Å². The van der Waals surface area contributed by atoms with Crippen molar-refractivity contribution in [2.24, 2.45) is 23.7 Å². The molecule has 0 spiro atoms. The number of hydrogen-bond donors (Lipinski definition) is 1. The minimum atomic E-state index is -0.129. The molecule has 0 aromatic carbocycles. The number of carbonyl (C=O) groups is 1. The molecule has 7 nitrogen and oxygen atoms in total. The molecule has 4 rings (SSSR count). The first kappa shape index (κ1) is 21.9. The fraction of sp³-hybridized carbons (Fsp3) is 0.400. The third-order valence-corrected chi connectivity index (χ3v) is 6.29. The van der Waals surface area contributed by atoms with Gasteiger partial charge in [0, 0.05) is 37.1 Å². The van der Waals surface area contributed by atoms with Crippen LogP contribution in [0.2, 0.25) is 0 Å². The van der Waals surface area contributed by atoms with Gasteiger partial charge in [0.25, 0.3) is 5.91 Å². The van der Waals surface area contributed by atoms with Gasteiger partial charge in [-0.2, -0.15) is 0 Å². The van der Waals surface area contributed by atoms with E-state index < -0.39 is 0 Å². The lowest BCUT2D eigenvalue weighted by Gasteiger charge is -2.37. The van der Waals surface area contributed by atoms with E-state index >= 15 is 0 Å². The highest BCUT2D eigenvalue weighted by Gasteiger charge is 2.32. The van der Waals surface area contributed by atoms with Crippen molar-refractivity contribution in [1.29, 1.82) is 0 Å². The molecule has 0 saturated heterocycles. The Morgan fingerprint density at radius 2 is 1.97 bits per heavy atom. The van der Waals surface area contributed by atoms with E-state index in [0.29, 0.717) is 41.8 Å². The van der Waals surface area contributed by atoms with Crippen LogP contribution in [0.25, 0.3) is 11.5 Å². The van der Waals surface area contributed by atoms with E-state index in [1.54, 1.807) is 24.7 Å². The number of nitrogens with zero attached hydrogens (tertiary/aromatic N) is 4. The third kappa shape index (κ3) is 5.10. The average molecular weight is 432 g/mol. The molecule has 0 aliphatic heterocycles. The van der Waals surface area contributed by atoms with Crippen molar-refractivity contribution in [1.82, 2.24) is 25.5 Å². The summed E-state index contributed by atoms with van der Waals surface area (Å²) in [5.74, 6) is 2.62. The van der Waals surface area contributed by atoms with Crippen LogP contribution in [0.4, 0.5) is 0 Å². The van der Waals surface area contributed by atoms with Gasteiger partial charge in [-0.25, -0.2) is 0 Å². The van der Waals surface area contributed by atoms with Gasteiger partial charge in [0.05, 0.1) is 0 Å². The summed E-state index contributed by atoms with van der Waals surface area (Å²) in [5.41, 5.74) is 2.63. The van der Waals surface area contributed by atoms with Crippen LogP contribution in [0.1, 0.15) is 43.6 Å². The van der Waals surface area contributed by atoms with Gasteiger partial charge in [0.1, 0.15) is 5.69 Å².